The molecule has 0 amide bonds. The molecule has 0 saturated heterocycles. The van der Waals surface area contributed by atoms with Crippen LogP contribution in [0.5, 0.6) is 0 Å². The third-order valence-electron chi connectivity index (χ3n) is 2.28. The summed E-state index contributed by atoms with van der Waals surface area (Å²) in [5, 5.41) is 9.14. The molecule has 0 heterocycles. The minimum absolute atomic E-state index is 0.225. The molecular weight excluding hydrogens is 314 g/mol. The summed E-state index contributed by atoms with van der Waals surface area (Å²) in [5.74, 6) is -0.970. The maximum atomic E-state index is 11.1. The van der Waals surface area contributed by atoms with Gasteiger partial charge in [-0.1, -0.05) is 27.7 Å². The van der Waals surface area contributed by atoms with E-state index < -0.39 is 5.97 Å². The zero-order valence-corrected chi connectivity index (χ0v) is 11.7. The lowest BCUT2D eigenvalue weighted by Gasteiger charge is -2.06. The average Bonchev–Trinajstić information content (AvgIpc) is 2.34. The van der Waals surface area contributed by atoms with E-state index in [1.54, 1.807) is 12.1 Å². The number of aromatic carboxylic acids is 1. The van der Waals surface area contributed by atoms with Crippen LogP contribution in [0, 0.1) is 0 Å². The number of rotatable bonds is 3. The van der Waals surface area contributed by atoms with E-state index in [4.69, 9.17) is 10.8 Å². The standard InChI is InChI=1S/C13H10BrNO2S/c14-8-1-4-10(5-2-8)18-12-6-3-9(15)7-11(12)13(16)17/h1-7H,15H2,(H,16,17). The van der Waals surface area contributed by atoms with Crippen LogP contribution in [0.15, 0.2) is 56.7 Å². The quantitative estimate of drug-likeness (QED) is 0.841. The summed E-state index contributed by atoms with van der Waals surface area (Å²) in [7, 11) is 0. The fraction of sp³-hybridized carbons (Fsp3) is 0. The van der Waals surface area contributed by atoms with Crippen LogP contribution in [0.4, 0.5) is 5.69 Å². The molecule has 3 N–H and O–H groups in total. The third kappa shape index (κ3) is 3.05. The van der Waals surface area contributed by atoms with Crippen molar-refractivity contribution in [3.8, 4) is 0 Å². The number of carboxylic acid groups (broad SMARTS) is 1. The molecule has 18 heavy (non-hydrogen) atoms. The predicted octanol–water partition coefficient (Wildman–Crippen LogP) is 3.88. The number of carboxylic acids is 1. The highest BCUT2D eigenvalue weighted by Gasteiger charge is 2.11. The summed E-state index contributed by atoms with van der Waals surface area (Å²) >= 11 is 4.76. The Bertz CT molecular complexity index is 584. The van der Waals surface area contributed by atoms with Crippen molar-refractivity contribution in [2.24, 2.45) is 0 Å². The van der Waals surface area contributed by atoms with Gasteiger partial charge in [-0.05, 0) is 42.5 Å². The molecule has 0 radical (unpaired) electrons. The number of hydrogen-bond acceptors (Lipinski definition) is 3. The van der Waals surface area contributed by atoms with E-state index in [1.807, 2.05) is 24.3 Å². The Morgan fingerprint density at radius 3 is 2.44 bits per heavy atom. The number of benzene rings is 2. The largest absolute Gasteiger partial charge is 0.478 e. The molecular formula is C13H10BrNO2S. The number of hydrogen-bond donors (Lipinski definition) is 2. The van der Waals surface area contributed by atoms with Crippen molar-refractivity contribution in [2.75, 3.05) is 5.73 Å². The van der Waals surface area contributed by atoms with Gasteiger partial charge in [0.25, 0.3) is 0 Å². The van der Waals surface area contributed by atoms with E-state index in [0.29, 0.717) is 10.6 Å². The predicted molar refractivity (Wildman–Crippen MR) is 76.1 cm³/mol. The first kappa shape index (κ1) is 13.0. The maximum Gasteiger partial charge on any atom is 0.336 e. The van der Waals surface area contributed by atoms with Crippen molar-refractivity contribution in [3.63, 3.8) is 0 Å². The lowest BCUT2D eigenvalue weighted by atomic mass is 10.2. The molecule has 0 bridgehead atoms. The number of nitrogen functional groups attached to an aromatic ring is 1. The molecule has 2 aromatic carbocycles. The van der Waals surface area contributed by atoms with Crippen LogP contribution >= 0.6 is 27.7 Å². The van der Waals surface area contributed by atoms with Gasteiger partial charge in [-0.25, -0.2) is 4.79 Å². The van der Waals surface area contributed by atoms with Crippen molar-refractivity contribution in [1.29, 1.82) is 0 Å². The van der Waals surface area contributed by atoms with Gasteiger partial charge in [-0.15, -0.1) is 0 Å². The fourth-order valence-electron chi connectivity index (χ4n) is 1.43. The Labute approximate surface area is 117 Å². The van der Waals surface area contributed by atoms with Crippen LogP contribution in [-0.2, 0) is 0 Å². The van der Waals surface area contributed by atoms with Gasteiger partial charge in [0.05, 0.1) is 5.56 Å². The van der Waals surface area contributed by atoms with Crippen LogP contribution < -0.4 is 5.73 Å². The molecule has 0 aliphatic carbocycles. The minimum Gasteiger partial charge on any atom is -0.478 e. The molecule has 0 saturated carbocycles. The second-order valence-electron chi connectivity index (χ2n) is 3.62. The van der Waals surface area contributed by atoms with Crippen molar-refractivity contribution in [2.45, 2.75) is 9.79 Å². The molecule has 0 aromatic heterocycles. The van der Waals surface area contributed by atoms with Crippen LogP contribution in [0.2, 0.25) is 0 Å². The summed E-state index contributed by atoms with van der Waals surface area (Å²) < 4.78 is 0.989. The Kier molecular flexibility index (Phi) is 3.93. The molecule has 0 fully saturated rings. The lowest BCUT2D eigenvalue weighted by molar-refractivity contribution is 0.0693. The Morgan fingerprint density at radius 2 is 1.83 bits per heavy atom. The van der Waals surface area contributed by atoms with Gasteiger partial charge in [0, 0.05) is 20.0 Å². The molecule has 0 aliphatic heterocycles. The van der Waals surface area contributed by atoms with Crippen molar-refractivity contribution >= 4 is 39.3 Å². The van der Waals surface area contributed by atoms with E-state index in [0.717, 1.165) is 9.37 Å². The zero-order chi connectivity index (χ0) is 13.1. The molecule has 2 aromatic rings. The second-order valence-corrected chi connectivity index (χ2v) is 5.65. The van der Waals surface area contributed by atoms with Gasteiger partial charge in [-0.2, -0.15) is 0 Å². The number of anilines is 1. The number of nitrogens with two attached hydrogens (primary N) is 1. The highest BCUT2D eigenvalue weighted by atomic mass is 79.9. The summed E-state index contributed by atoms with van der Waals surface area (Å²) in [4.78, 5) is 12.8. The highest BCUT2D eigenvalue weighted by Crippen LogP contribution is 2.32. The monoisotopic (exact) mass is 323 g/mol. The van der Waals surface area contributed by atoms with Gasteiger partial charge in [-0.3, -0.25) is 0 Å². The first-order valence-corrected chi connectivity index (χ1v) is 6.73. The van der Waals surface area contributed by atoms with Gasteiger partial charge < -0.3 is 10.8 Å². The molecule has 0 spiro atoms. The maximum absolute atomic E-state index is 11.1. The first-order chi connectivity index (χ1) is 8.56. The van der Waals surface area contributed by atoms with E-state index in [9.17, 15) is 4.79 Å². The lowest BCUT2D eigenvalue weighted by Crippen LogP contribution is -2.00. The van der Waals surface area contributed by atoms with E-state index in [2.05, 4.69) is 15.9 Å². The topological polar surface area (TPSA) is 63.3 Å². The summed E-state index contributed by atoms with van der Waals surface area (Å²) in [6, 6.07) is 12.6. The molecule has 0 unspecified atom stereocenters. The van der Waals surface area contributed by atoms with Crippen LogP contribution in [0.3, 0.4) is 0 Å². The molecule has 92 valence electrons. The van der Waals surface area contributed by atoms with Gasteiger partial charge >= 0.3 is 5.97 Å². The van der Waals surface area contributed by atoms with E-state index in [1.165, 1.54) is 17.8 Å². The Balaban J connectivity index is 2.34. The Hall–Kier alpha value is -1.46. The highest BCUT2D eigenvalue weighted by molar-refractivity contribution is 9.10. The van der Waals surface area contributed by atoms with Crippen LogP contribution in [0.1, 0.15) is 10.4 Å². The molecule has 3 nitrogen and oxygen atoms in total. The third-order valence-corrected chi connectivity index (χ3v) is 3.89. The number of halogens is 1. The molecule has 5 heteroatoms. The first-order valence-electron chi connectivity index (χ1n) is 5.12. The second kappa shape index (κ2) is 5.46. The summed E-state index contributed by atoms with van der Waals surface area (Å²) in [5.41, 5.74) is 6.28. The van der Waals surface area contributed by atoms with Crippen molar-refractivity contribution in [3.05, 3.63) is 52.5 Å². The molecule has 0 aliphatic rings. The molecule has 0 atom stereocenters. The van der Waals surface area contributed by atoms with Crippen molar-refractivity contribution < 1.29 is 9.90 Å². The van der Waals surface area contributed by atoms with E-state index in [-0.39, 0.29) is 5.56 Å². The SMILES string of the molecule is Nc1ccc(Sc2ccc(Br)cc2)c(C(=O)O)c1. The number of carbonyl (C=O) groups is 1. The summed E-state index contributed by atoms with van der Waals surface area (Å²) in [6.45, 7) is 0. The summed E-state index contributed by atoms with van der Waals surface area (Å²) in [6.07, 6.45) is 0. The van der Waals surface area contributed by atoms with Gasteiger partial charge in [0.2, 0.25) is 0 Å². The fourth-order valence-corrected chi connectivity index (χ4v) is 2.62. The molecule has 2 rings (SSSR count). The minimum atomic E-state index is -0.970. The normalized spacial score (nSPS) is 10.3. The van der Waals surface area contributed by atoms with Gasteiger partial charge in [0.15, 0.2) is 0 Å². The van der Waals surface area contributed by atoms with Crippen LogP contribution in [-0.4, -0.2) is 11.1 Å². The zero-order valence-electron chi connectivity index (χ0n) is 9.26. The van der Waals surface area contributed by atoms with Crippen molar-refractivity contribution in [1.82, 2.24) is 0 Å². The smallest absolute Gasteiger partial charge is 0.336 e. The van der Waals surface area contributed by atoms with E-state index >= 15 is 0 Å². The Morgan fingerprint density at radius 1 is 1.17 bits per heavy atom. The van der Waals surface area contributed by atoms with Gasteiger partial charge in [0.1, 0.15) is 0 Å². The van der Waals surface area contributed by atoms with Crippen LogP contribution in [0.25, 0.3) is 0 Å². The average molecular weight is 324 g/mol.